The van der Waals surface area contributed by atoms with E-state index in [1.165, 1.54) is 21.0 Å². The van der Waals surface area contributed by atoms with Gasteiger partial charge in [0, 0.05) is 30.5 Å². The van der Waals surface area contributed by atoms with Crippen molar-refractivity contribution in [3.63, 3.8) is 0 Å². The molecule has 0 spiro atoms. The average Bonchev–Trinajstić information content (AvgIpc) is 2.43. The van der Waals surface area contributed by atoms with Gasteiger partial charge in [-0.15, -0.1) is 0 Å². The van der Waals surface area contributed by atoms with E-state index >= 15 is 0 Å². The van der Waals surface area contributed by atoms with Gasteiger partial charge >= 0.3 is 11.9 Å². The zero-order valence-corrected chi connectivity index (χ0v) is 14.8. The molecule has 0 amide bonds. The number of methoxy groups -OCH3 is 1. The second kappa shape index (κ2) is 7.81. The van der Waals surface area contributed by atoms with Gasteiger partial charge in [-0.3, -0.25) is 9.59 Å². The molecule has 0 atom stereocenters. The topological polar surface area (TPSA) is 61.8 Å². The van der Waals surface area contributed by atoms with E-state index in [0.717, 1.165) is 16.7 Å². The summed E-state index contributed by atoms with van der Waals surface area (Å²) in [7, 11) is 1.49. The van der Waals surface area contributed by atoms with Crippen molar-refractivity contribution in [1.82, 2.24) is 0 Å². The Hall–Kier alpha value is -2.30. The molecule has 23 heavy (non-hydrogen) atoms. The monoisotopic (exact) mass is 320 g/mol. The molecule has 0 aliphatic carbocycles. The first-order valence-corrected chi connectivity index (χ1v) is 7.39. The number of hydrogen-bond acceptors (Lipinski definition) is 5. The van der Waals surface area contributed by atoms with Crippen LogP contribution in [-0.2, 0) is 16.0 Å². The number of esters is 2. The third kappa shape index (κ3) is 4.58. The number of rotatable bonds is 5. The molecule has 0 unspecified atom stereocenters. The number of carbonyl (C=O) groups is 2. The summed E-state index contributed by atoms with van der Waals surface area (Å²) in [5.74, 6) is 0.383. The first-order chi connectivity index (χ1) is 10.7. The van der Waals surface area contributed by atoms with E-state index in [9.17, 15) is 9.59 Å². The van der Waals surface area contributed by atoms with E-state index < -0.39 is 11.9 Å². The number of hydrogen-bond donors (Lipinski definition) is 0. The Bertz CT molecular complexity index is 652. The fourth-order valence-corrected chi connectivity index (χ4v) is 2.32. The number of carbonyl (C=O) groups excluding carboxylic acids is 2. The van der Waals surface area contributed by atoms with Crippen molar-refractivity contribution in [2.45, 2.75) is 48.0 Å². The maximum atomic E-state index is 11.5. The molecule has 0 bridgehead atoms. The Morgan fingerprint density at radius 3 is 1.83 bits per heavy atom. The molecule has 0 fully saturated rings. The van der Waals surface area contributed by atoms with E-state index in [1.54, 1.807) is 6.92 Å². The van der Waals surface area contributed by atoms with Crippen molar-refractivity contribution in [2.75, 3.05) is 7.11 Å². The van der Waals surface area contributed by atoms with Crippen molar-refractivity contribution >= 4 is 11.9 Å². The van der Waals surface area contributed by atoms with Crippen LogP contribution in [0.4, 0.5) is 0 Å². The van der Waals surface area contributed by atoms with Crippen LogP contribution in [0.25, 0.3) is 0 Å². The fourth-order valence-electron chi connectivity index (χ4n) is 2.32. The highest BCUT2D eigenvalue weighted by Crippen LogP contribution is 2.44. The maximum absolute atomic E-state index is 11.5. The minimum atomic E-state index is -0.431. The lowest BCUT2D eigenvalue weighted by atomic mass is 9.97. The molecule has 0 saturated carbocycles. The molecule has 0 radical (unpaired) electrons. The van der Waals surface area contributed by atoms with Crippen molar-refractivity contribution in [2.24, 2.45) is 0 Å². The van der Waals surface area contributed by atoms with Gasteiger partial charge in [0.15, 0.2) is 11.5 Å². The lowest BCUT2D eigenvalue weighted by Crippen LogP contribution is -2.11. The second-order valence-electron chi connectivity index (χ2n) is 5.59. The molecule has 5 nitrogen and oxygen atoms in total. The van der Waals surface area contributed by atoms with Gasteiger partial charge in [0.2, 0.25) is 0 Å². The molecule has 1 aromatic rings. The third-order valence-electron chi connectivity index (χ3n) is 3.36. The summed E-state index contributed by atoms with van der Waals surface area (Å²) in [4.78, 5) is 22.9. The quantitative estimate of drug-likeness (QED) is 0.470. The van der Waals surface area contributed by atoms with Crippen LogP contribution in [0.1, 0.15) is 44.4 Å². The second-order valence-corrected chi connectivity index (χ2v) is 5.59. The maximum Gasteiger partial charge on any atom is 0.308 e. The van der Waals surface area contributed by atoms with Crippen LogP contribution in [0.5, 0.6) is 17.2 Å². The SMILES string of the molecule is COc1c(C)c(OC(C)=O)c(CC=C(C)C)c(C)c1OC(C)=O. The first kappa shape index (κ1) is 18.7. The van der Waals surface area contributed by atoms with Crippen LogP contribution in [-0.4, -0.2) is 19.0 Å². The molecule has 0 heterocycles. The van der Waals surface area contributed by atoms with Crippen LogP contribution in [0.15, 0.2) is 11.6 Å². The minimum Gasteiger partial charge on any atom is -0.492 e. The summed E-state index contributed by atoms with van der Waals surface area (Å²) >= 11 is 0. The van der Waals surface area contributed by atoms with Crippen molar-refractivity contribution in [3.05, 3.63) is 28.3 Å². The van der Waals surface area contributed by atoms with E-state index in [1.807, 2.05) is 26.8 Å². The minimum absolute atomic E-state index is 0.366. The molecule has 0 saturated heterocycles. The number of ether oxygens (including phenoxy) is 3. The van der Waals surface area contributed by atoms with E-state index in [0.29, 0.717) is 29.2 Å². The largest absolute Gasteiger partial charge is 0.492 e. The van der Waals surface area contributed by atoms with Crippen molar-refractivity contribution < 1.29 is 23.8 Å². The zero-order chi connectivity index (χ0) is 17.7. The molecule has 1 aromatic carbocycles. The Kier molecular flexibility index (Phi) is 6.37. The highest BCUT2D eigenvalue weighted by atomic mass is 16.6. The van der Waals surface area contributed by atoms with Gasteiger partial charge < -0.3 is 14.2 Å². The summed E-state index contributed by atoms with van der Waals surface area (Å²) in [5, 5.41) is 0. The van der Waals surface area contributed by atoms with Crippen LogP contribution in [0.2, 0.25) is 0 Å². The van der Waals surface area contributed by atoms with E-state index in [2.05, 4.69) is 0 Å². The third-order valence-corrected chi connectivity index (χ3v) is 3.36. The average molecular weight is 320 g/mol. The van der Waals surface area contributed by atoms with Gasteiger partial charge in [-0.25, -0.2) is 0 Å². The molecular weight excluding hydrogens is 296 g/mol. The summed E-state index contributed by atoms with van der Waals surface area (Å²) in [6.45, 7) is 10.3. The van der Waals surface area contributed by atoms with Gasteiger partial charge in [-0.1, -0.05) is 11.6 Å². The molecule has 5 heteroatoms. The Morgan fingerprint density at radius 1 is 0.870 bits per heavy atom. The molecule has 0 aromatic heterocycles. The standard InChI is InChI=1S/C18H24O5/c1-10(2)8-9-15-11(3)18(23-14(6)20)17(21-7)12(4)16(15)22-13(5)19/h8H,9H2,1-7H3. The summed E-state index contributed by atoms with van der Waals surface area (Å²) in [6.07, 6.45) is 2.59. The highest BCUT2D eigenvalue weighted by Gasteiger charge is 2.24. The molecule has 126 valence electrons. The van der Waals surface area contributed by atoms with Crippen LogP contribution < -0.4 is 14.2 Å². The Morgan fingerprint density at radius 2 is 1.39 bits per heavy atom. The van der Waals surface area contributed by atoms with Crippen molar-refractivity contribution in [1.29, 1.82) is 0 Å². The van der Waals surface area contributed by atoms with Gasteiger partial charge in [-0.2, -0.15) is 0 Å². The molecule has 0 N–H and O–H groups in total. The summed E-state index contributed by atoms with van der Waals surface area (Å²) < 4.78 is 16.1. The van der Waals surface area contributed by atoms with Crippen molar-refractivity contribution in [3.8, 4) is 17.2 Å². The van der Waals surface area contributed by atoms with Crippen LogP contribution >= 0.6 is 0 Å². The van der Waals surface area contributed by atoms with Gasteiger partial charge in [-0.05, 0) is 34.1 Å². The lowest BCUT2D eigenvalue weighted by molar-refractivity contribution is -0.133. The smallest absolute Gasteiger partial charge is 0.308 e. The van der Waals surface area contributed by atoms with Crippen LogP contribution in [0.3, 0.4) is 0 Å². The fraction of sp³-hybridized carbons (Fsp3) is 0.444. The molecule has 1 rings (SSSR count). The van der Waals surface area contributed by atoms with E-state index in [4.69, 9.17) is 14.2 Å². The highest BCUT2D eigenvalue weighted by molar-refractivity contribution is 5.76. The van der Waals surface area contributed by atoms with Gasteiger partial charge in [0.1, 0.15) is 5.75 Å². The van der Waals surface area contributed by atoms with Crippen LogP contribution in [0, 0.1) is 13.8 Å². The zero-order valence-electron chi connectivity index (χ0n) is 14.8. The Balaban J connectivity index is 3.66. The van der Waals surface area contributed by atoms with E-state index in [-0.39, 0.29) is 0 Å². The van der Waals surface area contributed by atoms with Gasteiger partial charge in [0.25, 0.3) is 0 Å². The molecular formula is C18H24O5. The Labute approximate surface area is 137 Å². The first-order valence-electron chi connectivity index (χ1n) is 7.39. The normalized spacial score (nSPS) is 10.0. The summed E-state index contributed by atoms with van der Waals surface area (Å²) in [6, 6.07) is 0. The number of allylic oxidation sites excluding steroid dienone is 2. The predicted octanol–water partition coefficient (Wildman–Crippen LogP) is 3.67. The lowest BCUT2D eigenvalue weighted by Gasteiger charge is -2.20. The summed E-state index contributed by atoms with van der Waals surface area (Å²) in [5.41, 5.74) is 3.29. The molecule has 0 aliphatic heterocycles. The molecule has 0 aliphatic rings. The number of benzene rings is 1. The predicted molar refractivity (Wildman–Crippen MR) is 88.2 cm³/mol. The van der Waals surface area contributed by atoms with Gasteiger partial charge in [0.05, 0.1) is 7.11 Å².